The van der Waals surface area contributed by atoms with E-state index >= 15 is 0 Å². The Kier molecular flexibility index (Phi) is 5.87. The molecule has 1 unspecified atom stereocenters. The molecule has 6 nitrogen and oxygen atoms in total. The topological polar surface area (TPSA) is 68.5 Å². The number of hydrogen-bond donors (Lipinski definition) is 0. The lowest BCUT2D eigenvalue weighted by atomic mass is 10.0. The highest BCUT2D eigenvalue weighted by atomic mass is 16.5. The van der Waals surface area contributed by atoms with Gasteiger partial charge in [0, 0.05) is 32.0 Å². The van der Waals surface area contributed by atoms with E-state index in [2.05, 4.69) is 24.0 Å². The van der Waals surface area contributed by atoms with Gasteiger partial charge in [-0.15, -0.1) is 0 Å². The molecular formula is C18H29N3O3. The number of aromatic nitrogens is 2. The predicted octanol–water partition coefficient (Wildman–Crippen LogP) is 2.79. The molecule has 1 aliphatic carbocycles. The smallest absolute Gasteiger partial charge is 0.231 e. The van der Waals surface area contributed by atoms with Crippen LogP contribution in [0.1, 0.15) is 63.6 Å². The Bertz CT molecular complexity index is 537. The lowest BCUT2D eigenvalue weighted by Crippen LogP contribution is -2.33. The Hall–Kier alpha value is -1.43. The van der Waals surface area contributed by atoms with Gasteiger partial charge in [-0.25, -0.2) is 0 Å². The molecule has 1 aromatic rings. The molecule has 0 radical (unpaired) electrons. The van der Waals surface area contributed by atoms with Crippen LogP contribution in [0, 0.1) is 11.8 Å². The average Bonchev–Trinajstić information content (AvgIpc) is 3.10. The molecule has 2 aliphatic rings. The lowest BCUT2D eigenvalue weighted by Gasteiger charge is -2.21. The molecule has 3 rings (SSSR count). The summed E-state index contributed by atoms with van der Waals surface area (Å²) < 4.78 is 11.0. The van der Waals surface area contributed by atoms with E-state index in [0.29, 0.717) is 31.3 Å². The number of amides is 1. The molecule has 0 N–H and O–H groups in total. The molecule has 1 amide bonds. The second-order valence-electron chi connectivity index (χ2n) is 7.10. The van der Waals surface area contributed by atoms with E-state index in [1.807, 2.05) is 4.90 Å². The Balaban J connectivity index is 1.46. The van der Waals surface area contributed by atoms with Gasteiger partial charge in [0.25, 0.3) is 0 Å². The third-order valence-electron chi connectivity index (χ3n) is 5.19. The van der Waals surface area contributed by atoms with Gasteiger partial charge in [0.05, 0.1) is 12.5 Å². The monoisotopic (exact) mass is 335 g/mol. The van der Waals surface area contributed by atoms with Gasteiger partial charge in [0.2, 0.25) is 11.8 Å². The number of carbonyl (C=O) groups excluding carboxylic acids is 1. The highest BCUT2D eigenvalue weighted by Gasteiger charge is 2.33. The van der Waals surface area contributed by atoms with Crippen LogP contribution in [0.5, 0.6) is 0 Å². The standard InChI is InChI=1S/C18H29N3O3/c1-3-14(4-2)18(22)21-9-7-15(11-21)17-19-16(20-24-17)8-10-23-12-13-5-6-13/h13-15H,3-12H2,1-2H3. The van der Waals surface area contributed by atoms with Crippen molar-refractivity contribution in [3.8, 4) is 0 Å². The first-order chi connectivity index (χ1) is 11.7. The van der Waals surface area contributed by atoms with Gasteiger partial charge < -0.3 is 14.2 Å². The Morgan fingerprint density at radius 2 is 2.12 bits per heavy atom. The summed E-state index contributed by atoms with van der Waals surface area (Å²) in [6.45, 7) is 7.17. The molecule has 1 atom stereocenters. The summed E-state index contributed by atoms with van der Waals surface area (Å²) >= 11 is 0. The largest absolute Gasteiger partial charge is 0.381 e. The lowest BCUT2D eigenvalue weighted by molar-refractivity contribution is -0.134. The molecule has 134 valence electrons. The van der Waals surface area contributed by atoms with Gasteiger partial charge in [0.1, 0.15) is 0 Å². The fourth-order valence-corrected chi connectivity index (χ4v) is 3.29. The SMILES string of the molecule is CCC(CC)C(=O)N1CCC(c2nc(CCOCC3CC3)no2)C1. The van der Waals surface area contributed by atoms with Crippen molar-refractivity contribution in [1.29, 1.82) is 0 Å². The second kappa shape index (κ2) is 8.10. The summed E-state index contributed by atoms with van der Waals surface area (Å²) in [6, 6.07) is 0. The summed E-state index contributed by atoms with van der Waals surface area (Å²) in [5.41, 5.74) is 0. The van der Waals surface area contributed by atoms with Gasteiger partial charge >= 0.3 is 0 Å². The van der Waals surface area contributed by atoms with Crippen LogP contribution >= 0.6 is 0 Å². The van der Waals surface area contributed by atoms with Gasteiger partial charge in [0.15, 0.2) is 5.82 Å². The average molecular weight is 335 g/mol. The quantitative estimate of drug-likeness (QED) is 0.649. The van der Waals surface area contributed by atoms with Crippen molar-refractivity contribution in [2.24, 2.45) is 11.8 Å². The molecule has 2 heterocycles. The van der Waals surface area contributed by atoms with Crippen LogP contribution in [0.15, 0.2) is 4.52 Å². The Labute approximate surface area is 143 Å². The zero-order chi connectivity index (χ0) is 16.9. The van der Waals surface area contributed by atoms with Crippen LogP contribution in [0.3, 0.4) is 0 Å². The van der Waals surface area contributed by atoms with E-state index in [1.165, 1.54) is 12.8 Å². The summed E-state index contributed by atoms with van der Waals surface area (Å²) in [6.07, 6.45) is 6.02. The van der Waals surface area contributed by atoms with Crippen molar-refractivity contribution in [1.82, 2.24) is 15.0 Å². The van der Waals surface area contributed by atoms with Crippen molar-refractivity contribution in [3.63, 3.8) is 0 Å². The van der Waals surface area contributed by atoms with Gasteiger partial charge in [-0.1, -0.05) is 19.0 Å². The Morgan fingerprint density at radius 3 is 2.83 bits per heavy atom. The normalized spacial score (nSPS) is 21.0. The molecule has 1 aromatic heterocycles. The first kappa shape index (κ1) is 17.4. The number of hydrogen-bond acceptors (Lipinski definition) is 5. The zero-order valence-corrected chi connectivity index (χ0v) is 14.9. The molecule has 1 saturated carbocycles. The van der Waals surface area contributed by atoms with Crippen LogP contribution in [0.4, 0.5) is 0 Å². The summed E-state index contributed by atoms with van der Waals surface area (Å²) in [5.74, 6) is 2.76. The summed E-state index contributed by atoms with van der Waals surface area (Å²) in [4.78, 5) is 18.9. The first-order valence-electron chi connectivity index (χ1n) is 9.40. The highest BCUT2D eigenvalue weighted by Crippen LogP contribution is 2.29. The van der Waals surface area contributed by atoms with Crippen molar-refractivity contribution < 1.29 is 14.1 Å². The van der Waals surface area contributed by atoms with E-state index in [-0.39, 0.29) is 17.7 Å². The van der Waals surface area contributed by atoms with Crippen LogP contribution in [-0.2, 0) is 16.0 Å². The molecular weight excluding hydrogens is 306 g/mol. The van der Waals surface area contributed by atoms with Gasteiger partial charge in [-0.05, 0) is 38.0 Å². The summed E-state index contributed by atoms with van der Waals surface area (Å²) in [7, 11) is 0. The molecule has 0 spiro atoms. The number of carbonyl (C=O) groups is 1. The predicted molar refractivity (Wildman–Crippen MR) is 89.6 cm³/mol. The maximum Gasteiger partial charge on any atom is 0.231 e. The minimum Gasteiger partial charge on any atom is -0.381 e. The number of ether oxygens (including phenoxy) is 1. The van der Waals surface area contributed by atoms with E-state index in [4.69, 9.17) is 9.26 Å². The van der Waals surface area contributed by atoms with E-state index in [0.717, 1.165) is 38.3 Å². The maximum atomic E-state index is 12.5. The van der Waals surface area contributed by atoms with E-state index < -0.39 is 0 Å². The summed E-state index contributed by atoms with van der Waals surface area (Å²) in [5, 5.41) is 4.06. The molecule has 0 bridgehead atoms. The van der Waals surface area contributed by atoms with Crippen molar-refractivity contribution >= 4 is 5.91 Å². The van der Waals surface area contributed by atoms with E-state index in [9.17, 15) is 4.79 Å². The molecule has 1 aliphatic heterocycles. The third-order valence-corrected chi connectivity index (χ3v) is 5.19. The first-order valence-corrected chi connectivity index (χ1v) is 9.40. The molecule has 24 heavy (non-hydrogen) atoms. The van der Waals surface area contributed by atoms with Crippen molar-refractivity contribution in [2.75, 3.05) is 26.3 Å². The third kappa shape index (κ3) is 4.35. The Morgan fingerprint density at radius 1 is 1.33 bits per heavy atom. The molecule has 0 aromatic carbocycles. The fourth-order valence-electron chi connectivity index (χ4n) is 3.29. The fraction of sp³-hybridized carbons (Fsp3) is 0.833. The van der Waals surface area contributed by atoms with Crippen LogP contribution in [-0.4, -0.2) is 47.3 Å². The number of likely N-dealkylation sites (tertiary alicyclic amines) is 1. The highest BCUT2D eigenvalue weighted by molar-refractivity contribution is 5.79. The van der Waals surface area contributed by atoms with Crippen LogP contribution in [0.25, 0.3) is 0 Å². The minimum absolute atomic E-state index is 0.144. The van der Waals surface area contributed by atoms with Gasteiger partial charge in [-0.2, -0.15) is 4.98 Å². The number of nitrogens with zero attached hydrogens (tertiary/aromatic N) is 3. The van der Waals surface area contributed by atoms with Crippen LogP contribution < -0.4 is 0 Å². The van der Waals surface area contributed by atoms with Crippen LogP contribution in [0.2, 0.25) is 0 Å². The molecule has 6 heteroatoms. The molecule has 2 fully saturated rings. The molecule has 1 saturated heterocycles. The second-order valence-corrected chi connectivity index (χ2v) is 7.10. The minimum atomic E-state index is 0.144. The maximum absolute atomic E-state index is 12.5. The zero-order valence-electron chi connectivity index (χ0n) is 14.9. The number of rotatable bonds is 9. The van der Waals surface area contributed by atoms with E-state index in [1.54, 1.807) is 0 Å². The van der Waals surface area contributed by atoms with Crippen molar-refractivity contribution in [3.05, 3.63) is 11.7 Å². The van der Waals surface area contributed by atoms with Gasteiger partial charge in [-0.3, -0.25) is 4.79 Å². The van der Waals surface area contributed by atoms with Crippen molar-refractivity contribution in [2.45, 2.75) is 58.3 Å².